The lowest BCUT2D eigenvalue weighted by molar-refractivity contribution is 0.0516. The van der Waals surface area contributed by atoms with Crippen molar-refractivity contribution in [3.63, 3.8) is 0 Å². The van der Waals surface area contributed by atoms with Gasteiger partial charge >= 0.3 is 12.2 Å². The van der Waals surface area contributed by atoms with Crippen molar-refractivity contribution in [3.8, 4) is 0 Å². The second-order valence-electron chi connectivity index (χ2n) is 11.3. The van der Waals surface area contributed by atoms with Crippen molar-refractivity contribution >= 4 is 35.1 Å². The van der Waals surface area contributed by atoms with Crippen LogP contribution in [0.1, 0.15) is 86.2 Å². The van der Waals surface area contributed by atoms with Gasteiger partial charge in [0.05, 0.1) is 34.6 Å². The summed E-state index contributed by atoms with van der Waals surface area (Å²) in [7, 11) is 0. The summed E-state index contributed by atoms with van der Waals surface area (Å²) in [5.74, 6) is -0.659. The Morgan fingerprint density at radius 2 is 1.05 bits per heavy atom. The zero-order valence-corrected chi connectivity index (χ0v) is 23.9. The van der Waals surface area contributed by atoms with Gasteiger partial charge in [0, 0.05) is 37.6 Å². The molecule has 0 saturated carbocycles. The van der Waals surface area contributed by atoms with Gasteiger partial charge in [-0.15, -0.1) is 0 Å². The summed E-state index contributed by atoms with van der Waals surface area (Å²) in [6.07, 6.45) is 2.72. The number of nitrogens with zero attached hydrogens (tertiary/aromatic N) is 2. The number of carbonyl (C=O) groups excluding carboxylic acids is 4. The Morgan fingerprint density at radius 1 is 0.675 bits per heavy atom. The van der Waals surface area contributed by atoms with E-state index in [0.717, 1.165) is 0 Å². The molecule has 0 saturated heterocycles. The van der Waals surface area contributed by atoms with Gasteiger partial charge in [-0.3, -0.25) is 9.59 Å². The number of nitrogens with one attached hydrogen (secondary N) is 4. The number of carbonyl (C=O) groups is 4. The highest BCUT2D eigenvalue weighted by atomic mass is 16.6. The van der Waals surface area contributed by atoms with Crippen molar-refractivity contribution in [2.24, 2.45) is 0 Å². The van der Waals surface area contributed by atoms with Gasteiger partial charge in [0.2, 0.25) is 0 Å². The van der Waals surface area contributed by atoms with E-state index in [-0.39, 0.29) is 33.8 Å². The molecule has 0 bridgehead atoms. The van der Waals surface area contributed by atoms with E-state index < -0.39 is 23.4 Å². The number of rotatable bonds is 10. The smallest absolute Gasteiger partial charge is 0.407 e. The summed E-state index contributed by atoms with van der Waals surface area (Å²) in [5, 5.41) is 19.4. The molecule has 12 heteroatoms. The van der Waals surface area contributed by atoms with Crippen molar-refractivity contribution in [2.45, 2.75) is 65.6 Å². The molecule has 2 amide bonds. The van der Waals surface area contributed by atoms with Crippen LogP contribution in [0.5, 0.6) is 0 Å². The Hall–Kier alpha value is -4.22. The van der Waals surface area contributed by atoms with Crippen molar-refractivity contribution in [1.82, 2.24) is 20.8 Å². The number of ether oxygens (including phenoxy) is 2. The number of hydrogen-bond acceptors (Lipinski definition) is 10. The van der Waals surface area contributed by atoms with Gasteiger partial charge in [-0.1, -0.05) is 0 Å². The maximum absolute atomic E-state index is 13.5. The summed E-state index contributed by atoms with van der Waals surface area (Å²) < 4.78 is 10.5. The fourth-order valence-electron chi connectivity index (χ4n) is 3.95. The Bertz CT molecular complexity index is 1170. The minimum Gasteiger partial charge on any atom is -0.444 e. The monoisotopic (exact) mass is 554 g/mol. The highest BCUT2D eigenvalue weighted by molar-refractivity contribution is 6.31. The predicted octanol–water partition coefficient (Wildman–Crippen LogP) is 3.91. The summed E-state index contributed by atoms with van der Waals surface area (Å²) in [5.41, 5.74) is 0.737. The fourth-order valence-corrected chi connectivity index (χ4v) is 3.95. The van der Waals surface area contributed by atoms with Crippen LogP contribution in [0.15, 0.2) is 24.5 Å². The molecule has 0 atom stereocenters. The largest absolute Gasteiger partial charge is 0.444 e. The third-order valence-corrected chi connectivity index (χ3v) is 5.55. The Balaban J connectivity index is 1.68. The van der Waals surface area contributed by atoms with Crippen LogP contribution >= 0.6 is 0 Å². The number of fused-ring (bicyclic) bond motifs is 2. The number of amides is 2. The van der Waals surface area contributed by atoms with Crippen LogP contribution in [0.4, 0.5) is 21.0 Å². The minimum atomic E-state index is -0.584. The van der Waals surface area contributed by atoms with E-state index in [0.29, 0.717) is 50.4 Å². The molecule has 0 aliphatic heterocycles. The molecule has 1 heterocycles. The van der Waals surface area contributed by atoms with Crippen molar-refractivity contribution < 1.29 is 28.7 Å². The molecule has 0 radical (unpaired) electrons. The number of alkyl carbamates (subject to hydrolysis) is 2. The molecule has 0 fully saturated rings. The SMILES string of the molecule is CC(C)(C)OC(=O)NCCCNc1ccc(NCCCNC(=O)OC(C)(C)C)c2c1C(=O)c1cnncc1C2=O. The lowest BCUT2D eigenvalue weighted by Crippen LogP contribution is -2.33. The third-order valence-electron chi connectivity index (χ3n) is 5.55. The quantitative estimate of drug-likeness (QED) is 0.271. The van der Waals surface area contributed by atoms with E-state index >= 15 is 0 Å². The molecule has 12 nitrogen and oxygen atoms in total. The first-order chi connectivity index (χ1) is 18.8. The zero-order valence-electron chi connectivity index (χ0n) is 23.9. The van der Waals surface area contributed by atoms with E-state index in [9.17, 15) is 19.2 Å². The van der Waals surface area contributed by atoms with Crippen molar-refractivity contribution in [1.29, 1.82) is 0 Å². The molecule has 0 unspecified atom stereocenters. The number of ketones is 2. The Labute approximate surface area is 234 Å². The van der Waals surface area contributed by atoms with Gasteiger partial charge < -0.3 is 30.7 Å². The Kier molecular flexibility index (Phi) is 9.67. The minimum absolute atomic E-state index is 0.195. The van der Waals surface area contributed by atoms with E-state index in [1.807, 2.05) is 0 Å². The molecular formula is C28H38N6O6. The highest BCUT2D eigenvalue weighted by Crippen LogP contribution is 2.36. The maximum atomic E-state index is 13.5. The molecule has 1 aliphatic rings. The van der Waals surface area contributed by atoms with E-state index in [2.05, 4.69) is 31.5 Å². The second-order valence-corrected chi connectivity index (χ2v) is 11.3. The van der Waals surface area contributed by atoms with Crippen LogP contribution in [0, 0.1) is 0 Å². The van der Waals surface area contributed by atoms with Crippen molar-refractivity contribution in [3.05, 3.63) is 46.8 Å². The highest BCUT2D eigenvalue weighted by Gasteiger charge is 2.34. The molecule has 0 spiro atoms. The van der Waals surface area contributed by atoms with Gasteiger partial charge in [0.25, 0.3) is 0 Å². The van der Waals surface area contributed by atoms with Gasteiger partial charge in [-0.2, -0.15) is 10.2 Å². The molecule has 1 aromatic heterocycles. The first kappa shape index (κ1) is 30.3. The summed E-state index contributed by atoms with van der Waals surface area (Å²) in [6, 6.07) is 3.48. The number of aromatic nitrogens is 2. The summed E-state index contributed by atoms with van der Waals surface area (Å²) >= 11 is 0. The molecule has 3 rings (SSSR count). The summed E-state index contributed by atoms with van der Waals surface area (Å²) in [6.45, 7) is 12.4. The van der Waals surface area contributed by atoms with Gasteiger partial charge in [0.1, 0.15) is 11.2 Å². The fraction of sp³-hybridized carbons (Fsp3) is 0.500. The van der Waals surface area contributed by atoms with Crippen molar-refractivity contribution in [2.75, 3.05) is 36.8 Å². The van der Waals surface area contributed by atoms with Crippen LogP contribution in [-0.4, -0.2) is 71.3 Å². The van der Waals surface area contributed by atoms with E-state index in [1.54, 1.807) is 53.7 Å². The predicted molar refractivity (Wildman–Crippen MR) is 150 cm³/mol. The molecule has 4 N–H and O–H groups in total. The second kappa shape index (κ2) is 12.8. The number of hydrogen-bond donors (Lipinski definition) is 4. The van der Waals surface area contributed by atoms with Crippen LogP contribution in [0.3, 0.4) is 0 Å². The molecule has 1 aliphatic carbocycles. The summed E-state index contributed by atoms with van der Waals surface area (Å²) in [4.78, 5) is 50.7. The van der Waals surface area contributed by atoms with Gasteiger partial charge in [0.15, 0.2) is 11.6 Å². The molecule has 40 heavy (non-hydrogen) atoms. The number of anilines is 2. The normalized spacial score (nSPS) is 12.7. The molecular weight excluding hydrogens is 516 g/mol. The first-order valence-corrected chi connectivity index (χ1v) is 13.3. The lowest BCUT2D eigenvalue weighted by Gasteiger charge is -2.23. The van der Waals surface area contributed by atoms with E-state index in [1.165, 1.54) is 12.4 Å². The van der Waals surface area contributed by atoms with Crippen LogP contribution in [-0.2, 0) is 9.47 Å². The van der Waals surface area contributed by atoms with Gasteiger partial charge in [-0.05, 0) is 66.5 Å². The Morgan fingerprint density at radius 3 is 1.40 bits per heavy atom. The maximum Gasteiger partial charge on any atom is 0.407 e. The van der Waals surface area contributed by atoms with Gasteiger partial charge in [-0.25, -0.2) is 9.59 Å². The zero-order chi connectivity index (χ0) is 29.5. The topological polar surface area (TPSA) is 161 Å². The third kappa shape index (κ3) is 8.39. The standard InChI is InChI=1S/C28H38N6O6/c1-27(2,3)39-25(37)31-13-7-11-29-19-9-10-20(30-12-8-14-32-26(38)40-28(4,5)6)22-21(19)23(35)17-15-33-34-16-18(17)24(22)36/h9-10,15-16,29-30H,7-8,11-14H2,1-6H3,(H,31,37)(H,32,38). The van der Waals surface area contributed by atoms with Crippen LogP contribution < -0.4 is 21.3 Å². The molecule has 216 valence electrons. The van der Waals surface area contributed by atoms with E-state index in [4.69, 9.17) is 9.47 Å². The lowest BCUT2D eigenvalue weighted by atomic mass is 9.83. The first-order valence-electron chi connectivity index (χ1n) is 13.3. The number of benzene rings is 1. The molecule has 1 aromatic carbocycles. The average Bonchev–Trinajstić information content (AvgIpc) is 2.85. The average molecular weight is 555 g/mol. The molecule has 2 aromatic rings. The van der Waals surface area contributed by atoms with Crippen LogP contribution in [0.2, 0.25) is 0 Å². The van der Waals surface area contributed by atoms with Crippen LogP contribution in [0.25, 0.3) is 0 Å².